The maximum absolute atomic E-state index is 12.5. The monoisotopic (exact) mass is 356 g/mol. The lowest BCUT2D eigenvalue weighted by Gasteiger charge is -2.01. The van der Waals surface area contributed by atoms with Crippen molar-refractivity contribution >= 4 is 23.5 Å². The van der Waals surface area contributed by atoms with Crippen molar-refractivity contribution in [2.24, 2.45) is 0 Å². The first-order valence-electron chi connectivity index (χ1n) is 8.10. The van der Waals surface area contributed by atoms with E-state index in [0.29, 0.717) is 27.9 Å². The average molecular weight is 356 g/mol. The van der Waals surface area contributed by atoms with E-state index in [1.165, 1.54) is 18.2 Å². The SMILES string of the molecule is CCOC(=O)c1[nH]c(C)c(C(=O)/C=C/c2ccc(C)c([N+](=O)[O-])c2)c1C. The number of benzene rings is 1. The molecule has 0 bridgehead atoms. The Morgan fingerprint density at radius 1 is 1.27 bits per heavy atom. The molecule has 0 aliphatic heterocycles. The Labute approximate surface area is 150 Å². The number of aromatic nitrogens is 1. The number of esters is 1. The van der Waals surface area contributed by atoms with Crippen LogP contribution in [0, 0.1) is 30.9 Å². The van der Waals surface area contributed by atoms with E-state index in [0.717, 1.165) is 0 Å². The summed E-state index contributed by atoms with van der Waals surface area (Å²) in [5, 5.41) is 11.0. The van der Waals surface area contributed by atoms with E-state index in [1.54, 1.807) is 39.8 Å². The van der Waals surface area contributed by atoms with Gasteiger partial charge in [0.15, 0.2) is 5.78 Å². The van der Waals surface area contributed by atoms with E-state index in [2.05, 4.69) is 4.98 Å². The lowest BCUT2D eigenvalue weighted by molar-refractivity contribution is -0.385. The number of allylic oxidation sites excluding steroid dienone is 1. The van der Waals surface area contributed by atoms with Gasteiger partial charge in [-0.2, -0.15) is 0 Å². The molecule has 1 heterocycles. The summed E-state index contributed by atoms with van der Waals surface area (Å²) < 4.78 is 4.97. The number of nitrogens with zero attached hydrogens (tertiary/aromatic N) is 1. The van der Waals surface area contributed by atoms with Crippen LogP contribution in [-0.2, 0) is 4.74 Å². The van der Waals surface area contributed by atoms with Crippen molar-refractivity contribution in [2.75, 3.05) is 6.61 Å². The smallest absolute Gasteiger partial charge is 0.355 e. The van der Waals surface area contributed by atoms with Crippen molar-refractivity contribution in [2.45, 2.75) is 27.7 Å². The number of ketones is 1. The van der Waals surface area contributed by atoms with E-state index in [-0.39, 0.29) is 23.8 Å². The van der Waals surface area contributed by atoms with E-state index in [1.807, 2.05) is 0 Å². The topological polar surface area (TPSA) is 102 Å². The van der Waals surface area contributed by atoms with Gasteiger partial charge in [-0.05, 0) is 44.9 Å². The van der Waals surface area contributed by atoms with Crippen molar-refractivity contribution in [1.29, 1.82) is 0 Å². The molecule has 1 N–H and O–H groups in total. The van der Waals surface area contributed by atoms with Crippen molar-refractivity contribution in [3.05, 3.63) is 68.0 Å². The van der Waals surface area contributed by atoms with E-state index in [9.17, 15) is 19.7 Å². The second kappa shape index (κ2) is 7.77. The third-order valence-electron chi connectivity index (χ3n) is 4.02. The summed E-state index contributed by atoms with van der Waals surface area (Å²) in [6, 6.07) is 4.75. The molecule has 0 atom stereocenters. The Morgan fingerprint density at radius 2 is 1.96 bits per heavy atom. The molecule has 0 unspecified atom stereocenters. The second-order valence-electron chi connectivity index (χ2n) is 5.85. The molecule has 136 valence electrons. The fraction of sp³-hybridized carbons (Fsp3) is 0.263. The van der Waals surface area contributed by atoms with Crippen LogP contribution in [-0.4, -0.2) is 28.3 Å². The van der Waals surface area contributed by atoms with Crippen molar-refractivity contribution in [3.8, 4) is 0 Å². The van der Waals surface area contributed by atoms with Gasteiger partial charge in [0, 0.05) is 22.9 Å². The number of aryl methyl sites for hydroxylation is 2. The first-order valence-corrected chi connectivity index (χ1v) is 8.10. The number of nitro groups is 1. The maximum Gasteiger partial charge on any atom is 0.355 e. The molecule has 0 aliphatic rings. The molecule has 0 saturated heterocycles. The van der Waals surface area contributed by atoms with Crippen molar-refractivity contribution in [1.82, 2.24) is 4.98 Å². The highest BCUT2D eigenvalue weighted by Crippen LogP contribution is 2.22. The van der Waals surface area contributed by atoms with Crippen LogP contribution < -0.4 is 0 Å². The van der Waals surface area contributed by atoms with Gasteiger partial charge >= 0.3 is 5.97 Å². The molecule has 2 rings (SSSR count). The summed E-state index contributed by atoms with van der Waals surface area (Å²) in [5.41, 5.74) is 2.83. The molecule has 0 aliphatic carbocycles. The van der Waals surface area contributed by atoms with Crippen LogP contribution in [0.5, 0.6) is 0 Å². The predicted octanol–water partition coefficient (Wildman–Crippen LogP) is 3.92. The second-order valence-corrected chi connectivity index (χ2v) is 5.85. The fourth-order valence-electron chi connectivity index (χ4n) is 2.71. The number of rotatable bonds is 6. The third-order valence-corrected chi connectivity index (χ3v) is 4.02. The predicted molar refractivity (Wildman–Crippen MR) is 97.4 cm³/mol. The van der Waals surface area contributed by atoms with E-state index >= 15 is 0 Å². The van der Waals surface area contributed by atoms with Gasteiger partial charge in [0.1, 0.15) is 5.69 Å². The molecule has 1 aromatic heterocycles. The Balaban J connectivity index is 2.31. The number of nitro benzene ring substituents is 1. The minimum Gasteiger partial charge on any atom is -0.461 e. The number of carbonyl (C=O) groups excluding carboxylic acids is 2. The number of aromatic amines is 1. The van der Waals surface area contributed by atoms with Crippen LogP contribution in [0.15, 0.2) is 24.3 Å². The minimum atomic E-state index is -0.509. The zero-order chi connectivity index (χ0) is 19.4. The Hall–Kier alpha value is -3.22. The normalized spacial score (nSPS) is 10.9. The molecule has 0 spiro atoms. The quantitative estimate of drug-likeness (QED) is 0.278. The zero-order valence-electron chi connectivity index (χ0n) is 15.1. The lowest BCUT2D eigenvalue weighted by Crippen LogP contribution is -2.07. The molecule has 7 nitrogen and oxygen atoms in total. The Morgan fingerprint density at radius 3 is 2.58 bits per heavy atom. The number of ether oxygens (including phenoxy) is 1. The minimum absolute atomic E-state index is 0.00166. The lowest BCUT2D eigenvalue weighted by atomic mass is 10.0. The Bertz CT molecular complexity index is 909. The molecular formula is C19H20N2O5. The Kier molecular flexibility index (Phi) is 5.71. The highest BCUT2D eigenvalue weighted by atomic mass is 16.6. The van der Waals surface area contributed by atoms with Crippen LogP contribution in [0.3, 0.4) is 0 Å². The van der Waals surface area contributed by atoms with Gasteiger partial charge < -0.3 is 9.72 Å². The van der Waals surface area contributed by atoms with Gasteiger partial charge in [-0.15, -0.1) is 0 Å². The standard InChI is InChI=1S/C19H20N2O5/c1-5-26-19(23)18-12(3)17(13(4)20-18)16(22)9-8-14-7-6-11(2)15(10-14)21(24)25/h6-10,20H,5H2,1-4H3/b9-8+. The first-order chi connectivity index (χ1) is 12.3. The van der Waals surface area contributed by atoms with Gasteiger partial charge in [-0.3, -0.25) is 14.9 Å². The maximum atomic E-state index is 12.5. The molecule has 26 heavy (non-hydrogen) atoms. The number of H-pyrrole nitrogens is 1. The number of nitrogens with one attached hydrogen (secondary N) is 1. The van der Waals surface area contributed by atoms with Gasteiger partial charge in [0.05, 0.1) is 11.5 Å². The summed E-state index contributed by atoms with van der Waals surface area (Å²) in [4.78, 5) is 37.9. The first kappa shape index (κ1) is 19.1. The average Bonchev–Trinajstić information content (AvgIpc) is 2.88. The van der Waals surface area contributed by atoms with Crippen LogP contribution in [0.2, 0.25) is 0 Å². The molecule has 0 fully saturated rings. The van der Waals surface area contributed by atoms with Crippen molar-refractivity contribution in [3.63, 3.8) is 0 Å². The molecule has 0 amide bonds. The molecule has 0 radical (unpaired) electrons. The van der Waals surface area contributed by atoms with Gasteiger partial charge in [-0.1, -0.05) is 18.2 Å². The molecule has 0 saturated carbocycles. The molecular weight excluding hydrogens is 336 g/mol. The number of carbonyl (C=O) groups is 2. The summed E-state index contributed by atoms with van der Waals surface area (Å²) in [7, 11) is 0. The summed E-state index contributed by atoms with van der Waals surface area (Å²) in [6.45, 7) is 6.98. The van der Waals surface area contributed by atoms with Gasteiger partial charge in [0.2, 0.25) is 0 Å². The third kappa shape index (κ3) is 3.88. The number of hydrogen-bond donors (Lipinski definition) is 1. The van der Waals surface area contributed by atoms with Crippen LogP contribution in [0.1, 0.15) is 50.2 Å². The van der Waals surface area contributed by atoms with E-state index < -0.39 is 10.9 Å². The number of hydrogen-bond acceptors (Lipinski definition) is 5. The van der Waals surface area contributed by atoms with Crippen LogP contribution in [0.25, 0.3) is 6.08 Å². The van der Waals surface area contributed by atoms with Crippen molar-refractivity contribution < 1.29 is 19.2 Å². The van der Waals surface area contributed by atoms with Gasteiger partial charge in [0.25, 0.3) is 5.69 Å². The zero-order valence-corrected chi connectivity index (χ0v) is 15.1. The summed E-state index contributed by atoms with van der Waals surface area (Å²) in [5.74, 6) is -0.805. The van der Waals surface area contributed by atoms with Gasteiger partial charge in [-0.25, -0.2) is 4.79 Å². The van der Waals surface area contributed by atoms with Crippen LogP contribution >= 0.6 is 0 Å². The van der Waals surface area contributed by atoms with Crippen LogP contribution in [0.4, 0.5) is 5.69 Å². The van der Waals surface area contributed by atoms with E-state index in [4.69, 9.17) is 4.74 Å². The highest BCUT2D eigenvalue weighted by Gasteiger charge is 2.21. The fourth-order valence-corrected chi connectivity index (χ4v) is 2.71. The highest BCUT2D eigenvalue weighted by molar-refractivity contribution is 6.10. The summed E-state index contributed by atoms with van der Waals surface area (Å²) in [6.07, 6.45) is 2.86. The molecule has 2 aromatic rings. The molecule has 1 aromatic carbocycles. The largest absolute Gasteiger partial charge is 0.461 e. The molecule has 7 heteroatoms. The summed E-state index contributed by atoms with van der Waals surface area (Å²) >= 11 is 0.